The summed E-state index contributed by atoms with van der Waals surface area (Å²) < 4.78 is 10.5. The Morgan fingerprint density at radius 3 is 2.50 bits per heavy atom. The molecule has 2 aromatic rings. The first-order valence-electron chi connectivity index (χ1n) is 8.41. The topological polar surface area (TPSA) is 75.7 Å². The summed E-state index contributed by atoms with van der Waals surface area (Å²) in [5.74, 6) is 1.11. The van der Waals surface area contributed by atoms with Crippen LogP contribution in [0.25, 0.3) is 0 Å². The molecule has 1 heterocycles. The number of nitrogens with one attached hydrogen (secondary N) is 2. The van der Waals surface area contributed by atoms with E-state index >= 15 is 0 Å². The minimum Gasteiger partial charge on any atom is -0.493 e. The molecule has 7 heteroatoms. The summed E-state index contributed by atoms with van der Waals surface area (Å²) in [7, 11) is 7.20. The quantitative estimate of drug-likeness (QED) is 0.671. The molecule has 0 aliphatic heterocycles. The van der Waals surface area contributed by atoms with Gasteiger partial charge in [0.15, 0.2) is 11.5 Å². The lowest BCUT2D eigenvalue weighted by Gasteiger charge is -2.12. The van der Waals surface area contributed by atoms with E-state index in [-0.39, 0.29) is 5.91 Å². The van der Waals surface area contributed by atoms with Crippen LogP contribution in [0.15, 0.2) is 36.5 Å². The van der Waals surface area contributed by atoms with Crippen molar-refractivity contribution in [2.75, 3.05) is 46.7 Å². The average molecular weight is 358 g/mol. The largest absolute Gasteiger partial charge is 0.493 e. The molecule has 0 fully saturated rings. The number of aromatic nitrogens is 1. The average Bonchev–Trinajstić information content (AvgIpc) is 2.65. The van der Waals surface area contributed by atoms with E-state index < -0.39 is 0 Å². The standard InChI is InChI=1S/C19H26N4O3/c1-23(2)11-5-9-21-19(24)16-12-15(8-10-20-16)22-14-6-7-17(25-3)18(13-14)26-4/h6-8,10,12-13H,5,9,11H2,1-4H3,(H,20,22)(H,21,24). The Hall–Kier alpha value is -2.80. The number of hydrogen-bond acceptors (Lipinski definition) is 6. The summed E-state index contributed by atoms with van der Waals surface area (Å²) in [4.78, 5) is 18.5. The van der Waals surface area contributed by atoms with Gasteiger partial charge in [-0.1, -0.05) is 0 Å². The number of pyridine rings is 1. The summed E-state index contributed by atoms with van der Waals surface area (Å²) in [6.45, 7) is 1.54. The highest BCUT2D eigenvalue weighted by Gasteiger charge is 2.09. The maximum absolute atomic E-state index is 12.2. The van der Waals surface area contributed by atoms with Crippen LogP contribution >= 0.6 is 0 Å². The van der Waals surface area contributed by atoms with Crippen LogP contribution < -0.4 is 20.1 Å². The highest BCUT2D eigenvalue weighted by atomic mass is 16.5. The molecule has 0 spiro atoms. The molecule has 0 saturated carbocycles. The highest BCUT2D eigenvalue weighted by molar-refractivity contribution is 5.93. The van der Waals surface area contributed by atoms with E-state index in [0.29, 0.717) is 23.7 Å². The smallest absolute Gasteiger partial charge is 0.269 e. The molecular formula is C19H26N4O3. The number of nitrogens with zero attached hydrogens (tertiary/aromatic N) is 2. The molecule has 0 bridgehead atoms. The third-order valence-corrected chi connectivity index (χ3v) is 3.73. The van der Waals surface area contributed by atoms with Gasteiger partial charge in [-0.15, -0.1) is 0 Å². The van der Waals surface area contributed by atoms with Crippen molar-refractivity contribution in [3.05, 3.63) is 42.2 Å². The van der Waals surface area contributed by atoms with E-state index in [1.807, 2.05) is 32.3 Å². The van der Waals surface area contributed by atoms with Crippen LogP contribution in [0.4, 0.5) is 11.4 Å². The van der Waals surface area contributed by atoms with Gasteiger partial charge in [-0.3, -0.25) is 9.78 Å². The minimum absolute atomic E-state index is 0.181. The van der Waals surface area contributed by atoms with Gasteiger partial charge in [0.25, 0.3) is 5.91 Å². The van der Waals surface area contributed by atoms with Crippen LogP contribution in [0.3, 0.4) is 0 Å². The maximum Gasteiger partial charge on any atom is 0.269 e. The number of amides is 1. The zero-order valence-corrected chi connectivity index (χ0v) is 15.7. The molecule has 26 heavy (non-hydrogen) atoms. The third kappa shape index (κ3) is 5.63. The SMILES string of the molecule is COc1ccc(Nc2ccnc(C(=O)NCCCN(C)C)c2)cc1OC. The molecule has 140 valence electrons. The molecular weight excluding hydrogens is 332 g/mol. The Bertz CT molecular complexity index is 734. The number of methoxy groups -OCH3 is 2. The van der Waals surface area contributed by atoms with Crippen LogP contribution in [0.1, 0.15) is 16.9 Å². The van der Waals surface area contributed by atoms with E-state index in [2.05, 4.69) is 20.5 Å². The Morgan fingerprint density at radius 2 is 1.81 bits per heavy atom. The van der Waals surface area contributed by atoms with Crippen LogP contribution in [-0.2, 0) is 0 Å². The van der Waals surface area contributed by atoms with Crippen molar-refractivity contribution >= 4 is 17.3 Å². The van der Waals surface area contributed by atoms with Crippen molar-refractivity contribution in [3.63, 3.8) is 0 Å². The predicted molar refractivity (Wildman–Crippen MR) is 103 cm³/mol. The molecule has 1 aromatic carbocycles. The van der Waals surface area contributed by atoms with Crippen LogP contribution in [0, 0.1) is 0 Å². The van der Waals surface area contributed by atoms with Gasteiger partial charge >= 0.3 is 0 Å². The van der Waals surface area contributed by atoms with Crippen LogP contribution in [0.2, 0.25) is 0 Å². The van der Waals surface area contributed by atoms with Crippen molar-refractivity contribution in [3.8, 4) is 11.5 Å². The van der Waals surface area contributed by atoms with Gasteiger partial charge in [-0.05, 0) is 51.3 Å². The fraction of sp³-hybridized carbons (Fsp3) is 0.368. The molecule has 0 unspecified atom stereocenters. The molecule has 0 aliphatic carbocycles. The molecule has 0 aliphatic rings. The number of ether oxygens (including phenoxy) is 2. The van der Waals surface area contributed by atoms with Gasteiger partial charge in [0.1, 0.15) is 5.69 Å². The van der Waals surface area contributed by atoms with Crippen molar-refractivity contribution in [1.82, 2.24) is 15.2 Å². The summed E-state index contributed by atoms with van der Waals surface area (Å²) in [6.07, 6.45) is 2.50. The van der Waals surface area contributed by atoms with Gasteiger partial charge in [0.05, 0.1) is 14.2 Å². The van der Waals surface area contributed by atoms with Gasteiger partial charge < -0.3 is 25.0 Å². The van der Waals surface area contributed by atoms with E-state index in [0.717, 1.165) is 24.3 Å². The molecule has 2 N–H and O–H groups in total. The van der Waals surface area contributed by atoms with E-state index in [1.54, 1.807) is 32.5 Å². The summed E-state index contributed by atoms with van der Waals surface area (Å²) in [5.41, 5.74) is 1.97. The first-order chi connectivity index (χ1) is 12.5. The Kier molecular flexibility index (Phi) is 7.23. The summed E-state index contributed by atoms with van der Waals surface area (Å²) in [6, 6.07) is 9.06. The van der Waals surface area contributed by atoms with Gasteiger partial charge in [-0.2, -0.15) is 0 Å². The van der Waals surface area contributed by atoms with Crippen molar-refractivity contribution in [1.29, 1.82) is 0 Å². The summed E-state index contributed by atoms with van der Waals surface area (Å²) in [5, 5.41) is 6.13. The van der Waals surface area contributed by atoms with Gasteiger partial charge in [-0.25, -0.2) is 0 Å². The van der Waals surface area contributed by atoms with E-state index in [1.165, 1.54) is 0 Å². The first kappa shape index (κ1) is 19.5. The fourth-order valence-corrected chi connectivity index (χ4v) is 2.40. The zero-order valence-electron chi connectivity index (χ0n) is 15.7. The first-order valence-corrected chi connectivity index (χ1v) is 8.41. The lowest BCUT2D eigenvalue weighted by atomic mass is 10.2. The number of hydrogen-bond donors (Lipinski definition) is 2. The van der Waals surface area contributed by atoms with Crippen molar-refractivity contribution in [2.24, 2.45) is 0 Å². The second kappa shape index (κ2) is 9.62. The number of rotatable bonds is 9. The van der Waals surface area contributed by atoms with Crippen molar-refractivity contribution in [2.45, 2.75) is 6.42 Å². The van der Waals surface area contributed by atoms with E-state index in [4.69, 9.17) is 9.47 Å². The molecule has 1 aromatic heterocycles. The molecule has 2 rings (SSSR count). The van der Waals surface area contributed by atoms with Gasteiger partial charge in [0, 0.05) is 30.2 Å². The predicted octanol–water partition coefficient (Wildman–Crippen LogP) is 2.52. The van der Waals surface area contributed by atoms with Crippen molar-refractivity contribution < 1.29 is 14.3 Å². The number of carbonyl (C=O) groups is 1. The molecule has 1 amide bonds. The molecule has 0 atom stereocenters. The van der Waals surface area contributed by atoms with Gasteiger partial charge in [0.2, 0.25) is 0 Å². The third-order valence-electron chi connectivity index (χ3n) is 3.73. The summed E-state index contributed by atoms with van der Waals surface area (Å²) >= 11 is 0. The van der Waals surface area contributed by atoms with Crippen LogP contribution in [-0.4, -0.2) is 57.2 Å². The second-order valence-electron chi connectivity index (χ2n) is 6.04. The molecule has 0 saturated heterocycles. The zero-order chi connectivity index (χ0) is 18.9. The number of carbonyl (C=O) groups excluding carboxylic acids is 1. The lowest BCUT2D eigenvalue weighted by Crippen LogP contribution is -2.27. The normalized spacial score (nSPS) is 10.5. The monoisotopic (exact) mass is 358 g/mol. The Balaban J connectivity index is 2.01. The maximum atomic E-state index is 12.2. The molecule has 7 nitrogen and oxygen atoms in total. The van der Waals surface area contributed by atoms with E-state index in [9.17, 15) is 4.79 Å². The molecule has 0 radical (unpaired) electrons. The minimum atomic E-state index is -0.181. The Morgan fingerprint density at radius 1 is 1.08 bits per heavy atom. The highest BCUT2D eigenvalue weighted by Crippen LogP contribution is 2.31. The fourth-order valence-electron chi connectivity index (χ4n) is 2.40. The number of anilines is 2. The number of benzene rings is 1. The van der Waals surface area contributed by atoms with Crippen LogP contribution in [0.5, 0.6) is 11.5 Å². The Labute approximate surface area is 154 Å². The lowest BCUT2D eigenvalue weighted by molar-refractivity contribution is 0.0947. The second-order valence-corrected chi connectivity index (χ2v) is 6.04.